The SMILES string of the molecule is CCOC1CC(N)C1NC(=O)c1sccc1OC. The van der Waals surface area contributed by atoms with E-state index >= 15 is 0 Å². The van der Waals surface area contributed by atoms with E-state index in [-0.39, 0.29) is 24.1 Å². The molecule has 3 unspecified atom stereocenters. The van der Waals surface area contributed by atoms with E-state index in [4.69, 9.17) is 15.2 Å². The maximum atomic E-state index is 12.1. The first kappa shape index (κ1) is 13.3. The number of carbonyl (C=O) groups excluding carboxylic acids is 1. The van der Waals surface area contributed by atoms with Gasteiger partial charge in [-0.1, -0.05) is 0 Å². The van der Waals surface area contributed by atoms with Crippen LogP contribution in [-0.2, 0) is 4.74 Å². The van der Waals surface area contributed by atoms with Crippen LogP contribution in [0.4, 0.5) is 0 Å². The van der Waals surface area contributed by atoms with Crippen LogP contribution in [0.3, 0.4) is 0 Å². The minimum Gasteiger partial charge on any atom is -0.495 e. The van der Waals surface area contributed by atoms with Crippen LogP contribution in [0.1, 0.15) is 23.0 Å². The van der Waals surface area contributed by atoms with E-state index in [1.54, 1.807) is 13.2 Å². The lowest BCUT2D eigenvalue weighted by atomic mass is 9.83. The monoisotopic (exact) mass is 270 g/mol. The molecule has 0 aromatic carbocycles. The van der Waals surface area contributed by atoms with Crippen molar-refractivity contribution in [3.8, 4) is 5.75 Å². The van der Waals surface area contributed by atoms with Gasteiger partial charge in [0.15, 0.2) is 0 Å². The average Bonchev–Trinajstić information content (AvgIpc) is 2.83. The van der Waals surface area contributed by atoms with Gasteiger partial charge in [0.1, 0.15) is 10.6 Å². The molecule has 2 rings (SSSR count). The van der Waals surface area contributed by atoms with Crippen molar-refractivity contribution in [1.82, 2.24) is 5.32 Å². The molecule has 1 aliphatic carbocycles. The van der Waals surface area contributed by atoms with Crippen molar-refractivity contribution in [1.29, 1.82) is 0 Å². The molecular formula is C12H18N2O3S. The van der Waals surface area contributed by atoms with Crippen LogP contribution in [-0.4, -0.2) is 37.8 Å². The largest absolute Gasteiger partial charge is 0.495 e. The normalized spacial score (nSPS) is 26.5. The van der Waals surface area contributed by atoms with Crippen LogP contribution in [0.5, 0.6) is 5.75 Å². The van der Waals surface area contributed by atoms with E-state index in [1.165, 1.54) is 11.3 Å². The Balaban J connectivity index is 1.98. The molecule has 1 heterocycles. The molecule has 1 amide bonds. The van der Waals surface area contributed by atoms with Crippen LogP contribution in [0.25, 0.3) is 0 Å². The number of amides is 1. The van der Waals surface area contributed by atoms with E-state index in [9.17, 15) is 4.79 Å². The Kier molecular flexibility index (Phi) is 4.21. The molecule has 0 spiro atoms. The fraction of sp³-hybridized carbons (Fsp3) is 0.583. The Hall–Kier alpha value is -1.11. The number of hydrogen-bond donors (Lipinski definition) is 2. The van der Waals surface area contributed by atoms with Gasteiger partial charge >= 0.3 is 0 Å². The van der Waals surface area contributed by atoms with E-state index in [0.717, 1.165) is 6.42 Å². The maximum absolute atomic E-state index is 12.1. The number of ether oxygens (including phenoxy) is 2. The second-order valence-electron chi connectivity index (χ2n) is 4.21. The highest BCUT2D eigenvalue weighted by Gasteiger charge is 2.40. The van der Waals surface area contributed by atoms with Crippen molar-refractivity contribution in [2.24, 2.45) is 5.73 Å². The molecule has 3 atom stereocenters. The van der Waals surface area contributed by atoms with Gasteiger partial charge in [-0.05, 0) is 24.8 Å². The first-order chi connectivity index (χ1) is 8.67. The van der Waals surface area contributed by atoms with Gasteiger partial charge in [0.25, 0.3) is 5.91 Å². The number of nitrogens with two attached hydrogens (primary N) is 1. The van der Waals surface area contributed by atoms with Gasteiger partial charge in [0.2, 0.25) is 0 Å². The van der Waals surface area contributed by atoms with E-state index in [2.05, 4.69) is 5.32 Å². The van der Waals surface area contributed by atoms with Crippen molar-refractivity contribution in [2.45, 2.75) is 31.5 Å². The van der Waals surface area contributed by atoms with Gasteiger partial charge < -0.3 is 20.5 Å². The number of carbonyl (C=O) groups is 1. The lowest BCUT2D eigenvalue weighted by Crippen LogP contribution is -2.64. The van der Waals surface area contributed by atoms with Gasteiger partial charge in [0, 0.05) is 12.6 Å². The highest BCUT2D eigenvalue weighted by atomic mass is 32.1. The van der Waals surface area contributed by atoms with Crippen molar-refractivity contribution in [3.63, 3.8) is 0 Å². The molecule has 1 aliphatic rings. The molecule has 0 radical (unpaired) electrons. The highest BCUT2D eigenvalue weighted by Crippen LogP contribution is 2.27. The van der Waals surface area contributed by atoms with Gasteiger partial charge in [-0.15, -0.1) is 11.3 Å². The lowest BCUT2D eigenvalue weighted by molar-refractivity contribution is -0.0300. The number of hydrogen-bond acceptors (Lipinski definition) is 5. The Morgan fingerprint density at radius 2 is 2.44 bits per heavy atom. The van der Waals surface area contributed by atoms with E-state index in [1.807, 2.05) is 12.3 Å². The number of nitrogens with one attached hydrogen (secondary N) is 1. The molecule has 0 aliphatic heterocycles. The molecule has 1 fully saturated rings. The van der Waals surface area contributed by atoms with Crippen LogP contribution in [0.2, 0.25) is 0 Å². The summed E-state index contributed by atoms with van der Waals surface area (Å²) < 4.78 is 10.6. The molecule has 1 aromatic heterocycles. The third-order valence-corrected chi connectivity index (χ3v) is 3.99. The third-order valence-electron chi connectivity index (χ3n) is 3.10. The zero-order valence-corrected chi connectivity index (χ0v) is 11.3. The smallest absolute Gasteiger partial charge is 0.265 e. The van der Waals surface area contributed by atoms with Crippen molar-refractivity contribution >= 4 is 17.2 Å². The Morgan fingerprint density at radius 1 is 1.67 bits per heavy atom. The minimum absolute atomic E-state index is 0.0277. The predicted molar refractivity (Wildman–Crippen MR) is 70.1 cm³/mol. The Morgan fingerprint density at radius 3 is 3.06 bits per heavy atom. The molecular weight excluding hydrogens is 252 g/mol. The quantitative estimate of drug-likeness (QED) is 0.837. The van der Waals surface area contributed by atoms with Crippen LogP contribution in [0, 0.1) is 0 Å². The summed E-state index contributed by atoms with van der Waals surface area (Å²) in [7, 11) is 1.55. The van der Waals surface area contributed by atoms with Crippen LogP contribution in [0.15, 0.2) is 11.4 Å². The molecule has 1 aromatic rings. The fourth-order valence-electron chi connectivity index (χ4n) is 2.07. The topological polar surface area (TPSA) is 73.6 Å². The van der Waals surface area contributed by atoms with Gasteiger partial charge in [0.05, 0.1) is 19.3 Å². The molecule has 5 nitrogen and oxygen atoms in total. The first-order valence-corrected chi connectivity index (χ1v) is 6.84. The average molecular weight is 270 g/mol. The molecule has 1 saturated carbocycles. The fourth-order valence-corrected chi connectivity index (χ4v) is 2.83. The standard InChI is InChI=1S/C12H18N2O3S/c1-3-17-9-6-7(13)10(9)14-12(15)11-8(16-2)4-5-18-11/h4-5,7,9-10H,3,6,13H2,1-2H3,(H,14,15). The summed E-state index contributed by atoms with van der Waals surface area (Å²) in [4.78, 5) is 12.7. The third kappa shape index (κ3) is 2.50. The maximum Gasteiger partial charge on any atom is 0.265 e. The van der Waals surface area contributed by atoms with Gasteiger partial charge in [-0.25, -0.2) is 0 Å². The number of methoxy groups -OCH3 is 1. The molecule has 0 bridgehead atoms. The summed E-state index contributed by atoms with van der Waals surface area (Å²) in [6, 6.07) is 1.64. The first-order valence-electron chi connectivity index (χ1n) is 5.96. The molecule has 6 heteroatoms. The Bertz CT molecular complexity index is 419. The summed E-state index contributed by atoms with van der Waals surface area (Å²) in [6.45, 7) is 2.57. The summed E-state index contributed by atoms with van der Waals surface area (Å²) in [5.41, 5.74) is 5.89. The van der Waals surface area contributed by atoms with E-state index < -0.39 is 0 Å². The lowest BCUT2D eigenvalue weighted by Gasteiger charge is -2.42. The second kappa shape index (κ2) is 5.69. The second-order valence-corrected chi connectivity index (χ2v) is 5.13. The van der Waals surface area contributed by atoms with Crippen molar-refractivity contribution in [3.05, 3.63) is 16.3 Å². The van der Waals surface area contributed by atoms with Crippen LogP contribution < -0.4 is 15.8 Å². The van der Waals surface area contributed by atoms with Crippen molar-refractivity contribution in [2.75, 3.05) is 13.7 Å². The van der Waals surface area contributed by atoms with Crippen molar-refractivity contribution < 1.29 is 14.3 Å². The highest BCUT2D eigenvalue weighted by molar-refractivity contribution is 7.12. The van der Waals surface area contributed by atoms with Gasteiger partial charge in [-0.2, -0.15) is 0 Å². The summed E-state index contributed by atoms with van der Waals surface area (Å²) in [6.07, 6.45) is 0.820. The zero-order chi connectivity index (χ0) is 13.1. The summed E-state index contributed by atoms with van der Waals surface area (Å²) in [5, 5.41) is 4.75. The predicted octanol–water partition coefficient (Wildman–Crippen LogP) is 0.991. The molecule has 0 saturated heterocycles. The molecule has 18 heavy (non-hydrogen) atoms. The number of thiophene rings is 1. The zero-order valence-electron chi connectivity index (χ0n) is 10.5. The molecule has 100 valence electrons. The van der Waals surface area contributed by atoms with E-state index in [0.29, 0.717) is 17.2 Å². The number of rotatable bonds is 5. The Labute approximate surface area is 110 Å². The minimum atomic E-state index is -0.147. The summed E-state index contributed by atoms with van der Waals surface area (Å²) in [5.74, 6) is 0.449. The summed E-state index contributed by atoms with van der Waals surface area (Å²) >= 11 is 1.36. The molecule has 3 N–H and O–H groups in total. The van der Waals surface area contributed by atoms with Gasteiger partial charge in [-0.3, -0.25) is 4.79 Å². The van der Waals surface area contributed by atoms with Crippen LogP contribution >= 0.6 is 11.3 Å².